The summed E-state index contributed by atoms with van der Waals surface area (Å²) in [6.07, 6.45) is 0. The van der Waals surface area contributed by atoms with Crippen LogP contribution in [0.4, 0.5) is 17.1 Å². The monoisotopic (exact) mass is 936 g/mol. The topological polar surface area (TPSA) is 8.17 Å². The molecule has 12 aromatic carbocycles. The SMILES string of the molecule is c1ccc2c(c1)-c1ccccc1C21c2ccccc2-c2ccc(N(c3ccc(-c4cccc5c4-c4ccccc4C54c5ccccc5-n5c6ccccc6c6cccc4c65)cc3)c3cccc4ccccc34)cc21. The van der Waals surface area contributed by atoms with Gasteiger partial charge in [0.2, 0.25) is 0 Å². The molecular weight excluding hydrogens is 893 g/mol. The molecule has 0 N–H and O–H groups in total. The lowest BCUT2D eigenvalue weighted by molar-refractivity contribution is 0.748. The van der Waals surface area contributed by atoms with E-state index in [1.165, 1.54) is 127 Å². The summed E-state index contributed by atoms with van der Waals surface area (Å²) in [6, 6.07) is 101. The van der Waals surface area contributed by atoms with Gasteiger partial charge in [0.05, 0.1) is 33.2 Å². The van der Waals surface area contributed by atoms with Crippen molar-refractivity contribution in [2.75, 3.05) is 4.90 Å². The van der Waals surface area contributed by atoms with E-state index in [-0.39, 0.29) is 0 Å². The van der Waals surface area contributed by atoms with Crippen LogP contribution in [0.5, 0.6) is 0 Å². The van der Waals surface area contributed by atoms with Gasteiger partial charge in [0.15, 0.2) is 0 Å². The second kappa shape index (κ2) is 14.6. The summed E-state index contributed by atoms with van der Waals surface area (Å²) in [5.74, 6) is 0. The van der Waals surface area contributed by atoms with Crippen molar-refractivity contribution >= 4 is 49.6 Å². The van der Waals surface area contributed by atoms with Crippen LogP contribution >= 0.6 is 0 Å². The zero-order valence-corrected chi connectivity index (χ0v) is 40.3. The van der Waals surface area contributed by atoms with Gasteiger partial charge in [-0.15, -0.1) is 0 Å². The largest absolute Gasteiger partial charge is 0.310 e. The summed E-state index contributed by atoms with van der Waals surface area (Å²) in [5.41, 5.74) is 27.1. The Hall–Kier alpha value is -9.50. The molecule has 1 aliphatic heterocycles. The average molecular weight is 937 g/mol. The number of nitrogens with zero attached hydrogens (tertiary/aromatic N) is 2. The zero-order valence-electron chi connectivity index (χ0n) is 40.3. The molecule has 0 saturated heterocycles. The minimum Gasteiger partial charge on any atom is -0.310 e. The van der Waals surface area contributed by atoms with E-state index in [1.807, 2.05) is 0 Å². The van der Waals surface area contributed by atoms with Gasteiger partial charge in [-0.05, 0) is 137 Å². The Morgan fingerprint density at radius 2 is 0.784 bits per heavy atom. The first-order valence-corrected chi connectivity index (χ1v) is 25.9. The third-order valence-electron chi connectivity index (χ3n) is 17.4. The highest BCUT2D eigenvalue weighted by Crippen LogP contribution is 2.65. The fourth-order valence-electron chi connectivity index (χ4n) is 14.7. The second-order valence-electron chi connectivity index (χ2n) is 20.6. The first kappa shape index (κ1) is 40.1. The lowest BCUT2D eigenvalue weighted by Gasteiger charge is -2.39. The maximum atomic E-state index is 2.52. The molecule has 17 rings (SSSR count). The maximum absolute atomic E-state index is 2.52. The van der Waals surface area contributed by atoms with E-state index < -0.39 is 10.8 Å². The molecule has 0 saturated carbocycles. The molecule has 1 aromatic heterocycles. The zero-order chi connectivity index (χ0) is 48.3. The highest BCUT2D eigenvalue weighted by Gasteiger charge is 2.53. The van der Waals surface area contributed by atoms with Gasteiger partial charge >= 0.3 is 0 Å². The Bertz CT molecular complexity index is 4500. The fourth-order valence-corrected chi connectivity index (χ4v) is 14.7. The number of anilines is 3. The van der Waals surface area contributed by atoms with E-state index >= 15 is 0 Å². The van der Waals surface area contributed by atoms with Crippen LogP contribution in [0.3, 0.4) is 0 Å². The molecule has 342 valence electrons. The molecule has 2 heteroatoms. The summed E-state index contributed by atoms with van der Waals surface area (Å²) in [4.78, 5) is 2.49. The number of rotatable bonds is 4. The van der Waals surface area contributed by atoms with Crippen molar-refractivity contribution in [1.29, 1.82) is 0 Å². The molecule has 13 aromatic rings. The Morgan fingerprint density at radius 1 is 0.297 bits per heavy atom. The quantitative estimate of drug-likeness (QED) is 0.171. The van der Waals surface area contributed by atoms with Gasteiger partial charge in [0, 0.05) is 27.5 Å². The summed E-state index contributed by atoms with van der Waals surface area (Å²) in [6.45, 7) is 0. The van der Waals surface area contributed by atoms with Gasteiger partial charge in [0.25, 0.3) is 0 Å². The molecule has 0 fully saturated rings. The van der Waals surface area contributed by atoms with E-state index in [9.17, 15) is 0 Å². The number of hydrogen-bond acceptors (Lipinski definition) is 1. The molecule has 3 aliphatic carbocycles. The van der Waals surface area contributed by atoms with Crippen LogP contribution in [0, 0.1) is 0 Å². The normalized spacial score (nSPS) is 15.5. The Kier molecular flexibility index (Phi) is 7.90. The van der Waals surface area contributed by atoms with E-state index in [0.717, 1.165) is 17.1 Å². The molecule has 74 heavy (non-hydrogen) atoms. The van der Waals surface area contributed by atoms with Gasteiger partial charge in [-0.3, -0.25) is 0 Å². The predicted octanol–water partition coefficient (Wildman–Crippen LogP) is 18.1. The molecule has 0 amide bonds. The molecule has 2 spiro atoms. The standard InChI is InChI=1S/C72H44N2/c1-2-20-49-45(18-1)19-15-37-66(49)73(48-42-43-54-53-23-5-10-30-60(53)71(65(54)44-48)58-28-8-3-21-51(58)52-22-4-9-29-59(52)71)47-40-38-46(39-41-47)50-26-16-33-63-69(50)57-25-6-11-31-61(57)72(63)62-32-12-14-36-68(62)74-67-35-13-7-24-55(67)56-27-17-34-64(72)70(56)74/h1-44H. The van der Waals surface area contributed by atoms with E-state index in [1.54, 1.807) is 0 Å². The van der Waals surface area contributed by atoms with Crippen molar-refractivity contribution in [1.82, 2.24) is 4.57 Å². The van der Waals surface area contributed by atoms with Crippen molar-refractivity contribution in [2.24, 2.45) is 0 Å². The highest BCUT2D eigenvalue weighted by atomic mass is 15.1. The third kappa shape index (κ3) is 4.86. The first-order chi connectivity index (χ1) is 36.7. The smallest absolute Gasteiger partial charge is 0.0754 e. The molecule has 1 atom stereocenters. The van der Waals surface area contributed by atoms with E-state index in [4.69, 9.17) is 0 Å². The van der Waals surface area contributed by atoms with Crippen LogP contribution in [0.2, 0.25) is 0 Å². The van der Waals surface area contributed by atoms with Crippen molar-refractivity contribution in [2.45, 2.75) is 10.8 Å². The molecule has 2 heterocycles. The fraction of sp³-hybridized carbons (Fsp3) is 0.0278. The van der Waals surface area contributed by atoms with Gasteiger partial charge < -0.3 is 9.47 Å². The summed E-state index contributed by atoms with van der Waals surface area (Å²) >= 11 is 0. The van der Waals surface area contributed by atoms with Gasteiger partial charge in [-0.2, -0.15) is 0 Å². The summed E-state index contributed by atoms with van der Waals surface area (Å²) < 4.78 is 2.52. The lowest BCUT2D eigenvalue weighted by Crippen LogP contribution is -2.33. The number of aromatic nitrogens is 1. The highest BCUT2D eigenvalue weighted by molar-refractivity contribution is 6.13. The number of benzene rings is 12. The average Bonchev–Trinajstić information content (AvgIpc) is 4.17. The van der Waals surface area contributed by atoms with Crippen molar-refractivity contribution in [3.8, 4) is 50.2 Å². The van der Waals surface area contributed by atoms with Crippen LogP contribution in [0.15, 0.2) is 267 Å². The van der Waals surface area contributed by atoms with Crippen molar-refractivity contribution < 1.29 is 0 Å². The summed E-state index contributed by atoms with van der Waals surface area (Å²) in [7, 11) is 0. The molecule has 2 nitrogen and oxygen atoms in total. The lowest BCUT2D eigenvalue weighted by atomic mass is 9.65. The Morgan fingerprint density at radius 3 is 1.53 bits per heavy atom. The second-order valence-corrected chi connectivity index (χ2v) is 20.6. The van der Waals surface area contributed by atoms with Crippen LogP contribution in [0.25, 0.3) is 82.8 Å². The Balaban J connectivity index is 0.872. The van der Waals surface area contributed by atoms with Crippen molar-refractivity contribution in [3.05, 3.63) is 311 Å². The van der Waals surface area contributed by atoms with Gasteiger partial charge in [0.1, 0.15) is 0 Å². The third-order valence-corrected chi connectivity index (χ3v) is 17.4. The number of hydrogen-bond donors (Lipinski definition) is 0. The number of para-hydroxylation sites is 3. The number of fused-ring (bicyclic) bond motifs is 23. The van der Waals surface area contributed by atoms with Gasteiger partial charge in [-0.25, -0.2) is 0 Å². The van der Waals surface area contributed by atoms with Crippen LogP contribution < -0.4 is 4.90 Å². The first-order valence-electron chi connectivity index (χ1n) is 25.9. The Labute approximate surface area is 429 Å². The maximum Gasteiger partial charge on any atom is 0.0754 e. The van der Waals surface area contributed by atoms with Crippen LogP contribution in [-0.4, -0.2) is 4.57 Å². The van der Waals surface area contributed by atoms with E-state index in [2.05, 4.69) is 276 Å². The van der Waals surface area contributed by atoms with Crippen LogP contribution in [-0.2, 0) is 10.8 Å². The molecule has 4 aliphatic rings. The summed E-state index contributed by atoms with van der Waals surface area (Å²) in [5, 5.41) is 5.00. The minimum atomic E-state index is -0.515. The predicted molar refractivity (Wildman–Crippen MR) is 306 cm³/mol. The molecule has 0 bridgehead atoms. The molecular formula is C72H44N2. The van der Waals surface area contributed by atoms with Crippen LogP contribution in [0.1, 0.15) is 44.5 Å². The molecule has 0 radical (unpaired) electrons. The van der Waals surface area contributed by atoms with Crippen molar-refractivity contribution in [3.63, 3.8) is 0 Å². The molecule has 1 unspecified atom stereocenters. The van der Waals surface area contributed by atoms with Gasteiger partial charge in [-0.1, -0.05) is 224 Å². The minimum absolute atomic E-state index is 0.453. The van der Waals surface area contributed by atoms with E-state index in [0.29, 0.717) is 0 Å².